The number of amides is 1. The lowest BCUT2D eigenvalue weighted by Gasteiger charge is -2.21. The maximum absolute atomic E-state index is 12.4. The lowest BCUT2D eigenvalue weighted by molar-refractivity contribution is -0.148. The summed E-state index contributed by atoms with van der Waals surface area (Å²) in [5, 5.41) is 2.78. The minimum absolute atomic E-state index is 0.0676. The number of hydrogen-bond donors (Lipinski definition) is 1. The van der Waals surface area contributed by atoms with Crippen molar-refractivity contribution in [2.24, 2.45) is 5.92 Å². The van der Waals surface area contributed by atoms with Gasteiger partial charge >= 0.3 is 5.97 Å². The zero-order valence-electron chi connectivity index (χ0n) is 14.3. The third-order valence-corrected chi connectivity index (χ3v) is 3.71. The minimum atomic E-state index is -0.679. The first-order valence-corrected chi connectivity index (χ1v) is 8.05. The first-order chi connectivity index (χ1) is 11.5. The molecule has 2 aromatic carbocycles. The first kappa shape index (κ1) is 17.7. The molecular formula is C20H23NO3. The predicted molar refractivity (Wildman–Crippen MR) is 93.5 cm³/mol. The molecule has 0 saturated heterocycles. The van der Waals surface area contributed by atoms with E-state index in [0.29, 0.717) is 5.56 Å². The topological polar surface area (TPSA) is 55.4 Å². The average Bonchev–Trinajstić information content (AvgIpc) is 2.58. The fourth-order valence-electron chi connectivity index (χ4n) is 2.33. The van der Waals surface area contributed by atoms with Crippen LogP contribution >= 0.6 is 0 Å². The van der Waals surface area contributed by atoms with E-state index in [-0.39, 0.29) is 18.4 Å². The molecule has 0 spiro atoms. The molecule has 4 heteroatoms. The van der Waals surface area contributed by atoms with Gasteiger partial charge in [0, 0.05) is 5.56 Å². The number of esters is 1. The molecule has 1 N–H and O–H groups in total. The number of nitrogens with one attached hydrogen (secondary N) is 1. The lowest BCUT2D eigenvalue weighted by atomic mass is 10.0. The van der Waals surface area contributed by atoms with Crippen molar-refractivity contribution >= 4 is 11.9 Å². The van der Waals surface area contributed by atoms with Crippen LogP contribution < -0.4 is 5.32 Å². The Bertz CT molecular complexity index is 695. The fourth-order valence-corrected chi connectivity index (χ4v) is 2.33. The molecule has 0 radical (unpaired) electrons. The van der Waals surface area contributed by atoms with Crippen LogP contribution in [0.15, 0.2) is 54.6 Å². The molecule has 0 aromatic heterocycles. The Morgan fingerprint density at radius 2 is 1.75 bits per heavy atom. The van der Waals surface area contributed by atoms with E-state index in [4.69, 9.17) is 4.74 Å². The normalized spacial score (nSPS) is 11.8. The van der Waals surface area contributed by atoms with E-state index >= 15 is 0 Å². The van der Waals surface area contributed by atoms with Crippen molar-refractivity contribution in [1.29, 1.82) is 0 Å². The van der Waals surface area contributed by atoms with E-state index in [9.17, 15) is 9.59 Å². The number of hydrogen-bond acceptors (Lipinski definition) is 3. The molecule has 1 amide bonds. The molecule has 0 saturated carbocycles. The second-order valence-electron chi connectivity index (χ2n) is 6.16. The molecule has 4 nitrogen and oxygen atoms in total. The molecular weight excluding hydrogens is 302 g/mol. The van der Waals surface area contributed by atoms with Gasteiger partial charge < -0.3 is 10.1 Å². The molecule has 0 heterocycles. The van der Waals surface area contributed by atoms with Gasteiger partial charge in [-0.25, -0.2) is 4.79 Å². The summed E-state index contributed by atoms with van der Waals surface area (Å²) in [4.78, 5) is 24.7. The maximum Gasteiger partial charge on any atom is 0.329 e. The molecule has 0 bridgehead atoms. The van der Waals surface area contributed by atoms with Gasteiger partial charge in [-0.3, -0.25) is 4.79 Å². The first-order valence-electron chi connectivity index (χ1n) is 8.05. The van der Waals surface area contributed by atoms with E-state index in [1.165, 1.54) is 0 Å². The lowest BCUT2D eigenvalue weighted by Crippen LogP contribution is -2.45. The highest BCUT2D eigenvalue weighted by Crippen LogP contribution is 2.10. The van der Waals surface area contributed by atoms with Crippen LogP contribution in [-0.4, -0.2) is 17.9 Å². The number of carbonyl (C=O) groups excluding carboxylic acids is 2. The molecule has 0 aliphatic rings. The van der Waals surface area contributed by atoms with Gasteiger partial charge in [0.25, 0.3) is 5.91 Å². The van der Waals surface area contributed by atoms with Crippen LogP contribution in [0.2, 0.25) is 0 Å². The molecule has 2 aromatic rings. The molecule has 2 rings (SSSR count). The van der Waals surface area contributed by atoms with Crippen molar-refractivity contribution in [2.45, 2.75) is 33.4 Å². The van der Waals surface area contributed by atoms with Crippen molar-refractivity contribution < 1.29 is 14.3 Å². The summed E-state index contributed by atoms with van der Waals surface area (Å²) in [7, 11) is 0. The summed E-state index contributed by atoms with van der Waals surface area (Å²) in [6.07, 6.45) is 0. The van der Waals surface area contributed by atoms with Crippen LogP contribution in [0.5, 0.6) is 0 Å². The Morgan fingerprint density at radius 3 is 2.38 bits per heavy atom. The van der Waals surface area contributed by atoms with Gasteiger partial charge in [-0.1, -0.05) is 61.9 Å². The summed E-state index contributed by atoms with van der Waals surface area (Å²) in [5.41, 5.74) is 2.45. The largest absolute Gasteiger partial charge is 0.459 e. The Labute approximate surface area is 142 Å². The summed E-state index contributed by atoms with van der Waals surface area (Å²) < 4.78 is 5.36. The van der Waals surface area contributed by atoms with Crippen molar-refractivity contribution in [3.63, 3.8) is 0 Å². The second kappa shape index (κ2) is 8.29. The standard InChI is InChI=1S/C20H23NO3/c1-14(2)18(20(23)24-13-16-9-5-4-6-10-16)21-19(22)17-11-7-8-15(3)12-17/h4-12,14,18H,13H2,1-3H3,(H,21,22)/t18-/m0/s1. The Morgan fingerprint density at radius 1 is 1.04 bits per heavy atom. The smallest absolute Gasteiger partial charge is 0.329 e. The van der Waals surface area contributed by atoms with Crippen molar-refractivity contribution in [1.82, 2.24) is 5.32 Å². The van der Waals surface area contributed by atoms with Crippen LogP contribution in [0.4, 0.5) is 0 Å². The van der Waals surface area contributed by atoms with Crippen molar-refractivity contribution in [3.8, 4) is 0 Å². The number of benzene rings is 2. The molecule has 1 atom stereocenters. The highest BCUT2D eigenvalue weighted by Gasteiger charge is 2.26. The Balaban J connectivity index is 2.00. The van der Waals surface area contributed by atoms with Gasteiger partial charge in [-0.2, -0.15) is 0 Å². The van der Waals surface area contributed by atoms with Gasteiger partial charge in [0.15, 0.2) is 0 Å². The van der Waals surface area contributed by atoms with Crippen LogP contribution in [-0.2, 0) is 16.1 Å². The quantitative estimate of drug-likeness (QED) is 0.827. The SMILES string of the molecule is Cc1cccc(C(=O)N[C@H](C(=O)OCc2ccccc2)C(C)C)c1. The van der Waals surface area contributed by atoms with Gasteiger partial charge in [-0.05, 0) is 30.5 Å². The maximum atomic E-state index is 12.4. The van der Waals surface area contributed by atoms with Crippen LogP contribution in [0.3, 0.4) is 0 Å². The Kier molecular flexibility index (Phi) is 6.13. The number of ether oxygens (including phenoxy) is 1. The van der Waals surface area contributed by atoms with Gasteiger partial charge in [0.2, 0.25) is 0 Å². The molecule has 24 heavy (non-hydrogen) atoms. The predicted octanol–water partition coefficient (Wildman–Crippen LogP) is 3.49. The van der Waals surface area contributed by atoms with E-state index in [0.717, 1.165) is 11.1 Å². The summed E-state index contributed by atoms with van der Waals surface area (Å²) in [5.74, 6) is -0.758. The average molecular weight is 325 g/mol. The van der Waals surface area contributed by atoms with Crippen LogP contribution in [0.25, 0.3) is 0 Å². The summed E-state index contributed by atoms with van der Waals surface area (Å²) >= 11 is 0. The summed E-state index contributed by atoms with van der Waals surface area (Å²) in [6.45, 7) is 5.88. The number of aryl methyl sites for hydroxylation is 1. The number of rotatable bonds is 6. The third kappa shape index (κ3) is 4.95. The second-order valence-corrected chi connectivity index (χ2v) is 6.16. The van der Waals surface area contributed by atoms with Crippen LogP contribution in [0.1, 0.15) is 35.3 Å². The summed E-state index contributed by atoms with van der Waals surface area (Å²) in [6, 6.07) is 16.1. The van der Waals surface area contributed by atoms with Crippen molar-refractivity contribution in [2.75, 3.05) is 0 Å². The molecule has 0 aliphatic heterocycles. The van der Waals surface area contributed by atoms with Gasteiger partial charge in [0.1, 0.15) is 12.6 Å². The van der Waals surface area contributed by atoms with E-state index < -0.39 is 12.0 Å². The monoisotopic (exact) mass is 325 g/mol. The molecule has 0 aliphatic carbocycles. The van der Waals surface area contributed by atoms with Gasteiger partial charge in [0.05, 0.1) is 0 Å². The molecule has 0 fully saturated rings. The highest BCUT2D eigenvalue weighted by atomic mass is 16.5. The van der Waals surface area contributed by atoms with E-state index in [1.807, 2.05) is 63.2 Å². The Hall–Kier alpha value is -2.62. The molecule has 126 valence electrons. The highest BCUT2D eigenvalue weighted by molar-refractivity contribution is 5.97. The van der Waals surface area contributed by atoms with Crippen LogP contribution in [0, 0.1) is 12.8 Å². The van der Waals surface area contributed by atoms with Gasteiger partial charge in [-0.15, -0.1) is 0 Å². The minimum Gasteiger partial charge on any atom is -0.459 e. The zero-order chi connectivity index (χ0) is 17.5. The van der Waals surface area contributed by atoms with Crippen molar-refractivity contribution in [3.05, 3.63) is 71.3 Å². The van der Waals surface area contributed by atoms with E-state index in [1.54, 1.807) is 12.1 Å². The fraction of sp³-hybridized carbons (Fsp3) is 0.300. The molecule has 0 unspecified atom stereocenters. The van der Waals surface area contributed by atoms with E-state index in [2.05, 4.69) is 5.32 Å². The zero-order valence-corrected chi connectivity index (χ0v) is 14.3. The number of carbonyl (C=O) groups is 2. The third-order valence-electron chi connectivity index (χ3n) is 3.71.